The average molecular weight is 282 g/mol. The van der Waals surface area contributed by atoms with Gasteiger partial charge in [0.05, 0.1) is 11.7 Å². The quantitative estimate of drug-likeness (QED) is 0.746. The molecule has 21 heavy (non-hydrogen) atoms. The van der Waals surface area contributed by atoms with Gasteiger partial charge < -0.3 is 9.84 Å². The standard InChI is InChI=1S/C18H15FO2/c1-12(20)18-15(19)9-5-11-17(18)21-16-10-4-7-13-6-2-3-8-14(13)16/h2-12,20H,1H3. The van der Waals surface area contributed by atoms with Gasteiger partial charge in [-0.15, -0.1) is 0 Å². The maximum absolute atomic E-state index is 13.9. The van der Waals surface area contributed by atoms with Crippen LogP contribution >= 0.6 is 0 Å². The number of benzene rings is 3. The molecule has 1 atom stereocenters. The van der Waals surface area contributed by atoms with Crippen LogP contribution in [0.15, 0.2) is 60.7 Å². The molecule has 0 saturated carbocycles. The highest BCUT2D eigenvalue weighted by Gasteiger charge is 2.15. The zero-order chi connectivity index (χ0) is 14.8. The summed E-state index contributed by atoms with van der Waals surface area (Å²) in [5.41, 5.74) is 0.172. The van der Waals surface area contributed by atoms with Crippen LogP contribution in [0.1, 0.15) is 18.6 Å². The lowest BCUT2D eigenvalue weighted by atomic mass is 10.1. The highest BCUT2D eigenvalue weighted by atomic mass is 19.1. The molecular formula is C18H15FO2. The number of hydrogen-bond acceptors (Lipinski definition) is 2. The second-order valence-electron chi connectivity index (χ2n) is 4.91. The van der Waals surface area contributed by atoms with Crippen molar-refractivity contribution >= 4 is 10.8 Å². The van der Waals surface area contributed by atoms with Gasteiger partial charge in [0.1, 0.15) is 17.3 Å². The van der Waals surface area contributed by atoms with Crippen LogP contribution in [0.25, 0.3) is 10.8 Å². The number of aliphatic hydroxyl groups excluding tert-OH is 1. The van der Waals surface area contributed by atoms with Gasteiger partial charge in [0.25, 0.3) is 0 Å². The van der Waals surface area contributed by atoms with Crippen LogP contribution in [0.3, 0.4) is 0 Å². The summed E-state index contributed by atoms with van der Waals surface area (Å²) in [7, 11) is 0. The molecular weight excluding hydrogens is 267 g/mol. The van der Waals surface area contributed by atoms with Crippen molar-refractivity contribution in [3.63, 3.8) is 0 Å². The van der Waals surface area contributed by atoms with E-state index in [1.807, 2.05) is 42.5 Å². The molecule has 106 valence electrons. The van der Waals surface area contributed by atoms with E-state index in [-0.39, 0.29) is 5.56 Å². The smallest absolute Gasteiger partial charge is 0.136 e. The molecule has 1 unspecified atom stereocenters. The zero-order valence-electron chi connectivity index (χ0n) is 11.6. The number of ether oxygens (including phenoxy) is 1. The summed E-state index contributed by atoms with van der Waals surface area (Å²) >= 11 is 0. The van der Waals surface area contributed by atoms with Crippen LogP contribution in [0.5, 0.6) is 11.5 Å². The topological polar surface area (TPSA) is 29.5 Å². The third-order valence-electron chi connectivity index (χ3n) is 3.40. The van der Waals surface area contributed by atoms with E-state index in [2.05, 4.69) is 0 Å². The minimum atomic E-state index is -0.934. The molecule has 0 heterocycles. The van der Waals surface area contributed by atoms with Gasteiger partial charge in [-0.3, -0.25) is 0 Å². The van der Waals surface area contributed by atoms with Crippen molar-refractivity contribution < 1.29 is 14.2 Å². The van der Waals surface area contributed by atoms with Gasteiger partial charge in [0.2, 0.25) is 0 Å². The highest BCUT2D eigenvalue weighted by Crippen LogP contribution is 2.34. The zero-order valence-corrected chi connectivity index (χ0v) is 11.6. The highest BCUT2D eigenvalue weighted by molar-refractivity contribution is 5.88. The first kappa shape index (κ1) is 13.6. The lowest BCUT2D eigenvalue weighted by Crippen LogP contribution is -2.00. The number of halogens is 1. The van der Waals surface area contributed by atoms with Gasteiger partial charge in [0, 0.05) is 5.39 Å². The third-order valence-corrected chi connectivity index (χ3v) is 3.40. The normalized spacial score (nSPS) is 12.3. The fourth-order valence-corrected chi connectivity index (χ4v) is 2.41. The molecule has 0 aromatic heterocycles. The fourth-order valence-electron chi connectivity index (χ4n) is 2.41. The average Bonchev–Trinajstić information content (AvgIpc) is 2.47. The van der Waals surface area contributed by atoms with Crippen molar-refractivity contribution in [3.05, 3.63) is 72.0 Å². The van der Waals surface area contributed by atoms with Crippen molar-refractivity contribution in [2.75, 3.05) is 0 Å². The Hall–Kier alpha value is -2.39. The van der Waals surface area contributed by atoms with E-state index < -0.39 is 11.9 Å². The maximum atomic E-state index is 13.9. The van der Waals surface area contributed by atoms with Gasteiger partial charge in [-0.2, -0.15) is 0 Å². The van der Waals surface area contributed by atoms with Crippen molar-refractivity contribution in [3.8, 4) is 11.5 Å². The van der Waals surface area contributed by atoms with E-state index in [4.69, 9.17) is 4.74 Å². The van der Waals surface area contributed by atoms with Crippen LogP contribution < -0.4 is 4.74 Å². The summed E-state index contributed by atoms with van der Waals surface area (Å²) in [6.07, 6.45) is -0.934. The van der Waals surface area contributed by atoms with E-state index in [0.29, 0.717) is 11.5 Å². The molecule has 0 aliphatic carbocycles. The van der Waals surface area contributed by atoms with E-state index in [9.17, 15) is 9.50 Å². The Bertz CT molecular complexity index is 776. The van der Waals surface area contributed by atoms with Crippen molar-refractivity contribution in [2.24, 2.45) is 0 Å². The summed E-state index contributed by atoms with van der Waals surface area (Å²) in [6, 6.07) is 18.1. The van der Waals surface area contributed by atoms with E-state index >= 15 is 0 Å². The predicted molar refractivity (Wildman–Crippen MR) is 81.1 cm³/mol. The van der Waals surface area contributed by atoms with Gasteiger partial charge in [-0.05, 0) is 30.5 Å². The molecule has 1 N–H and O–H groups in total. The third kappa shape index (κ3) is 2.60. The monoisotopic (exact) mass is 282 g/mol. The Morgan fingerprint density at radius 1 is 0.905 bits per heavy atom. The Balaban J connectivity index is 2.09. The van der Waals surface area contributed by atoms with Crippen molar-refractivity contribution in [2.45, 2.75) is 13.0 Å². The van der Waals surface area contributed by atoms with Crippen molar-refractivity contribution in [1.29, 1.82) is 0 Å². The Morgan fingerprint density at radius 3 is 2.38 bits per heavy atom. The summed E-state index contributed by atoms with van der Waals surface area (Å²) < 4.78 is 19.7. The van der Waals surface area contributed by atoms with Crippen LogP contribution in [0.4, 0.5) is 4.39 Å². The second kappa shape index (κ2) is 5.54. The van der Waals surface area contributed by atoms with Crippen LogP contribution in [0, 0.1) is 5.82 Å². The summed E-state index contributed by atoms with van der Waals surface area (Å²) in [4.78, 5) is 0. The van der Waals surface area contributed by atoms with E-state index in [1.54, 1.807) is 12.1 Å². The molecule has 3 heteroatoms. The van der Waals surface area contributed by atoms with Crippen LogP contribution in [-0.4, -0.2) is 5.11 Å². The molecule has 0 spiro atoms. The van der Waals surface area contributed by atoms with E-state index in [1.165, 1.54) is 13.0 Å². The number of hydrogen-bond donors (Lipinski definition) is 1. The molecule has 0 fully saturated rings. The number of rotatable bonds is 3. The largest absolute Gasteiger partial charge is 0.456 e. The molecule has 0 amide bonds. The molecule has 0 aliphatic heterocycles. The lowest BCUT2D eigenvalue weighted by molar-refractivity contribution is 0.190. The van der Waals surface area contributed by atoms with Gasteiger partial charge in [-0.25, -0.2) is 4.39 Å². The minimum Gasteiger partial charge on any atom is -0.456 e. The molecule has 0 bridgehead atoms. The fraction of sp³-hybridized carbons (Fsp3) is 0.111. The Morgan fingerprint density at radius 2 is 1.57 bits per heavy atom. The summed E-state index contributed by atoms with van der Waals surface area (Å²) in [6.45, 7) is 1.52. The predicted octanol–water partition coefficient (Wildman–Crippen LogP) is 4.82. The number of aliphatic hydroxyl groups is 1. The van der Waals surface area contributed by atoms with E-state index in [0.717, 1.165) is 10.8 Å². The molecule has 0 radical (unpaired) electrons. The van der Waals surface area contributed by atoms with Crippen LogP contribution in [-0.2, 0) is 0 Å². The molecule has 3 rings (SSSR count). The first-order chi connectivity index (χ1) is 10.2. The summed E-state index contributed by atoms with van der Waals surface area (Å²) in [5.74, 6) is 0.504. The first-order valence-corrected chi connectivity index (χ1v) is 6.79. The molecule has 3 aromatic carbocycles. The van der Waals surface area contributed by atoms with Gasteiger partial charge in [0.15, 0.2) is 0 Å². The lowest BCUT2D eigenvalue weighted by Gasteiger charge is -2.15. The molecule has 2 nitrogen and oxygen atoms in total. The molecule has 0 aliphatic rings. The molecule has 3 aromatic rings. The Labute approximate surface area is 122 Å². The Kier molecular flexibility index (Phi) is 3.59. The minimum absolute atomic E-state index is 0.172. The number of fused-ring (bicyclic) bond motifs is 1. The van der Waals surface area contributed by atoms with Gasteiger partial charge in [-0.1, -0.05) is 42.5 Å². The molecule has 0 saturated heterocycles. The van der Waals surface area contributed by atoms with Crippen molar-refractivity contribution in [1.82, 2.24) is 0 Å². The maximum Gasteiger partial charge on any atom is 0.136 e. The second-order valence-corrected chi connectivity index (χ2v) is 4.91. The van der Waals surface area contributed by atoms with Gasteiger partial charge >= 0.3 is 0 Å². The first-order valence-electron chi connectivity index (χ1n) is 6.79. The summed E-state index contributed by atoms with van der Waals surface area (Å²) in [5, 5.41) is 11.7. The SMILES string of the molecule is CC(O)c1c(F)cccc1Oc1cccc2ccccc12. The van der Waals surface area contributed by atoms with Crippen LogP contribution in [0.2, 0.25) is 0 Å².